The number of nitrogens with zero attached hydrogens (tertiary/aromatic N) is 3. The minimum Gasteiger partial charge on any atom is -0.493 e. The number of imidazole rings is 1. The molecule has 0 aliphatic carbocycles. The second kappa shape index (κ2) is 7.77. The summed E-state index contributed by atoms with van der Waals surface area (Å²) >= 11 is -0.271. The summed E-state index contributed by atoms with van der Waals surface area (Å²) in [5.74, 6) is -1.04. The standard InChI is InChI=1S/C21H15F4N3O2S/c1-12-19(29)28(14-6-8-15(9-7-14)31-21(23,24)25)20(30)27(12)11-13-10-18(22)26-17-5-3-2-4-16(13)17/h2-10,29H,11H2,1H3. The SMILES string of the molecule is Cc1c(O)n(-c2ccc(SC(F)(F)F)cc2)c(=O)n1Cc1cc(F)nc2ccccc12. The lowest BCUT2D eigenvalue weighted by molar-refractivity contribution is -0.0328. The molecule has 2 aromatic carbocycles. The Bertz CT molecular complexity index is 1330. The Morgan fingerprint density at radius 2 is 1.77 bits per heavy atom. The number of aromatic hydroxyl groups is 1. The van der Waals surface area contributed by atoms with Gasteiger partial charge in [-0.1, -0.05) is 18.2 Å². The van der Waals surface area contributed by atoms with Crippen LogP contribution in [-0.2, 0) is 6.54 Å². The molecule has 0 radical (unpaired) electrons. The van der Waals surface area contributed by atoms with Gasteiger partial charge in [-0.2, -0.15) is 17.6 Å². The maximum atomic E-state index is 14.0. The normalized spacial score (nSPS) is 11.9. The summed E-state index contributed by atoms with van der Waals surface area (Å²) in [4.78, 5) is 16.8. The van der Waals surface area contributed by atoms with Crippen LogP contribution in [0.5, 0.6) is 5.88 Å². The highest BCUT2D eigenvalue weighted by Crippen LogP contribution is 2.37. The molecule has 0 aliphatic heterocycles. The molecule has 0 aliphatic rings. The number of para-hydroxylation sites is 1. The lowest BCUT2D eigenvalue weighted by Gasteiger charge is -2.08. The number of alkyl halides is 3. The van der Waals surface area contributed by atoms with Crippen LogP contribution in [0.4, 0.5) is 17.6 Å². The molecule has 2 aromatic heterocycles. The van der Waals surface area contributed by atoms with Crippen LogP contribution in [0, 0.1) is 12.9 Å². The largest absolute Gasteiger partial charge is 0.493 e. The molecule has 2 heterocycles. The van der Waals surface area contributed by atoms with Crippen LogP contribution in [-0.4, -0.2) is 24.7 Å². The number of rotatable bonds is 4. The highest BCUT2D eigenvalue weighted by atomic mass is 32.2. The van der Waals surface area contributed by atoms with E-state index in [9.17, 15) is 27.5 Å². The van der Waals surface area contributed by atoms with Crippen molar-refractivity contribution >= 4 is 22.7 Å². The molecule has 0 saturated heterocycles. The van der Waals surface area contributed by atoms with Gasteiger partial charge in [-0.05, 0) is 60.6 Å². The molecular weight excluding hydrogens is 434 g/mol. The van der Waals surface area contributed by atoms with Crippen molar-refractivity contribution in [3.63, 3.8) is 0 Å². The lowest BCUT2D eigenvalue weighted by Crippen LogP contribution is -2.24. The van der Waals surface area contributed by atoms with Gasteiger partial charge in [0.15, 0.2) is 0 Å². The Kier molecular flexibility index (Phi) is 5.26. The summed E-state index contributed by atoms with van der Waals surface area (Å²) in [5.41, 5.74) is -3.65. The third-order valence-electron chi connectivity index (χ3n) is 4.79. The summed E-state index contributed by atoms with van der Waals surface area (Å²) < 4.78 is 53.8. The molecule has 0 amide bonds. The van der Waals surface area contributed by atoms with Gasteiger partial charge in [0.1, 0.15) is 0 Å². The van der Waals surface area contributed by atoms with Crippen LogP contribution in [0.1, 0.15) is 11.3 Å². The minimum absolute atomic E-state index is 0.0206. The van der Waals surface area contributed by atoms with E-state index in [0.29, 0.717) is 16.5 Å². The monoisotopic (exact) mass is 449 g/mol. The summed E-state index contributed by atoms with van der Waals surface area (Å²) in [5, 5.41) is 11.2. The van der Waals surface area contributed by atoms with Crippen LogP contribution in [0.15, 0.2) is 64.3 Å². The number of hydrogen-bond acceptors (Lipinski definition) is 4. The van der Waals surface area contributed by atoms with Crippen molar-refractivity contribution in [3.8, 4) is 11.6 Å². The van der Waals surface area contributed by atoms with Gasteiger partial charge in [-0.15, -0.1) is 0 Å². The first-order valence-corrected chi connectivity index (χ1v) is 9.87. The third kappa shape index (κ3) is 4.15. The molecule has 0 bridgehead atoms. The Balaban J connectivity index is 1.75. The number of pyridine rings is 1. The smallest absolute Gasteiger partial charge is 0.446 e. The average molecular weight is 449 g/mol. The van der Waals surface area contributed by atoms with Gasteiger partial charge in [-0.25, -0.2) is 14.3 Å². The van der Waals surface area contributed by atoms with Gasteiger partial charge < -0.3 is 5.11 Å². The van der Waals surface area contributed by atoms with Crippen molar-refractivity contribution < 1.29 is 22.7 Å². The summed E-state index contributed by atoms with van der Waals surface area (Å²) in [7, 11) is 0. The van der Waals surface area contributed by atoms with Gasteiger partial charge in [-0.3, -0.25) is 4.57 Å². The van der Waals surface area contributed by atoms with E-state index in [1.807, 2.05) is 0 Å². The lowest BCUT2D eigenvalue weighted by atomic mass is 10.1. The Morgan fingerprint density at radius 3 is 2.45 bits per heavy atom. The molecule has 1 N–H and O–H groups in total. The van der Waals surface area contributed by atoms with Crippen LogP contribution >= 0.6 is 11.8 Å². The van der Waals surface area contributed by atoms with E-state index in [0.717, 1.165) is 4.57 Å². The van der Waals surface area contributed by atoms with E-state index in [-0.39, 0.29) is 40.5 Å². The maximum Gasteiger partial charge on any atom is 0.446 e. The Morgan fingerprint density at radius 1 is 1.10 bits per heavy atom. The van der Waals surface area contributed by atoms with E-state index >= 15 is 0 Å². The minimum atomic E-state index is -4.43. The molecule has 31 heavy (non-hydrogen) atoms. The molecule has 5 nitrogen and oxygen atoms in total. The molecule has 0 spiro atoms. The zero-order valence-corrected chi connectivity index (χ0v) is 16.8. The van der Waals surface area contributed by atoms with E-state index in [2.05, 4.69) is 4.98 Å². The highest BCUT2D eigenvalue weighted by molar-refractivity contribution is 8.00. The van der Waals surface area contributed by atoms with E-state index in [1.165, 1.54) is 41.8 Å². The average Bonchev–Trinajstić information content (AvgIpc) is 2.91. The van der Waals surface area contributed by atoms with E-state index in [4.69, 9.17) is 0 Å². The van der Waals surface area contributed by atoms with Crippen molar-refractivity contribution in [1.82, 2.24) is 14.1 Å². The molecule has 160 valence electrons. The number of halogens is 4. The zero-order chi connectivity index (χ0) is 22.3. The first-order valence-electron chi connectivity index (χ1n) is 9.05. The van der Waals surface area contributed by atoms with Crippen LogP contribution in [0.3, 0.4) is 0 Å². The quantitative estimate of drug-likeness (QED) is 0.271. The molecule has 0 atom stereocenters. The Hall–Kier alpha value is -3.27. The van der Waals surface area contributed by atoms with Gasteiger partial charge >= 0.3 is 11.2 Å². The number of aromatic nitrogens is 3. The topological polar surface area (TPSA) is 60.1 Å². The maximum absolute atomic E-state index is 14.0. The first kappa shape index (κ1) is 21.0. The molecule has 10 heteroatoms. The molecule has 0 saturated carbocycles. The Labute approximate surface area is 177 Å². The highest BCUT2D eigenvalue weighted by Gasteiger charge is 2.29. The van der Waals surface area contributed by atoms with Crippen molar-refractivity contribution in [2.24, 2.45) is 0 Å². The van der Waals surface area contributed by atoms with Gasteiger partial charge in [0.2, 0.25) is 11.8 Å². The van der Waals surface area contributed by atoms with E-state index in [1.54, 1.807) is 24.3 Å². The first-order chi connectivity index (χ1) is 14.6. The van der Waals surface area contributed by atoms with Gasteiger partial charge in [0.25, 0.3) is 0 Å². The van der Waals surface area contributed by atoms with Gasteiger partial charge in [0.05, 0.1) is 23.4 Å². The molecule has 4 rings (SSSR count). The zero-order valence-electron chi connectivity index (χ0n) is 16.0. The summed E-state index contributed by atoms with van der Waals surface area (Å²) in [6.45, 7) is 1.51. The second-order valence-corrected chi connectivity index (χ2v) is 7.91. The van der Waals surface area contributed by atoms with Crippen molar-refractivity contribution in [1.29, 1.82) is 0 Å². The number of hydrogen-bond donors (Lipinski definition) is 1. The fourth-order valence-corrected chi connectivity index (χ4v) is 3.91. The van der Waals surface area contributed by atoms with Gasteiger partial charge in [0, 0.05) is 10.3 Å². The molecule has 0 unspecified atom stereocenters. The fraction of sp³-hybridized carbons (Fsp3) is 0.143. The third-order valence-corrected chi connectivity index (χ3v) is 5.53. The predicted molar refractivity (Wildman–Crippen MR) is 109 cm³/mol. The second-order valence-electron chi connectivity index (χ2n) is 6.78. The van der Waals surface area contributed by atoms with Crippen molar-refractivity contribution in [2.75, 3.05) is 0 Å². The van der Waals surface area contributed by atoms with Crippen LogP contribution in [0.25, 0.3) is 16.6 Å². The molecule has 0 fully saturated rings. The molecule has 4 aromatic rings. The summed E-state index contributed by atoms with van der Waals surface area (Å²) in [6.07, 6.45) is 0. The summed E-state index contributed by atoms with van der Waals surface area (Å²) in [6, 6.07) is 13.2. The van der Waals surface area contributed by atoms with Crippen LogP contribution in [0.2, 0.25) is 0 Å². The van der Waals surface area contributed by atoms with Crippen molar-refractivity contribution in [3.05, 3.63) is 82.3 Å². The number of thioether (sulfide) groups is 1. The molecular formula is C21H15F4N3O2S. The fourth-order valence-electron chi connectivity index (χ4n) is 3.37. The van der Waals surface area contributed by atoms with Crippen LogP contribution < -0.4 is 5.69 Å². The van der Waals surface area contributed by atoms with Crippen molar-refractivity contribution in [2.45, 2.75) is 23.9 Å². The van der Waals surface area contributed by atoms with E-state index < -0.39 is 17.1 Å². The predicted octanol–water partition coefficient (Wildman–Crippen LogP) is 5.00. The number of benzene rings is 2. The number of fused-ring (bicyclic) bond motifs is 1.